The molecule has 3 nitrogen and oxygen atoms in total. The highest BCUT2D eigenvalue weighted by Crippen LogP contribution is 2.34. The van der Waals surface area contributed by atoms with Gasteiger partial charge in [0.05, 0.1) is 0 Å². The molecule has 1 aromatic rings. The van der Waals surface area contributed by atoms with Gasteiger partial charge >= 0.3 is 0 Å². The van der Waals surface area contributed by atoms with Crippen molar-refractivity contribution in [3.63, 3.8) is 0 Å². The molecule has 0 saturated carbocycles. The van der Waals surface area contributed by atoms with Gasteiger partial charge in [0.2, 0.25) is 0 Å². The fourth-order valence-electron chi connectivity index (χ4n) is 2.74. The summed E-state index contributed by atoms with van der Waals surface area (Å²) in [7, 11) is 0. The van der Waals surface area contributed by atoms with Gasteiger partial charge in [-0.05, 0) is 44.4 Å². The van der Waals surface area contributed by atoms with Crippen LogP contribution in [-0.4, -0.2) is 17.1 Å². The van der Waals surface area contributed by atoms with Gasteiger partial charge < -0.3 is 10.6 Å². The van der Waals surface area contributed by atoms with Gasteiger partial charge in [-0.15, -0.1) is 0 Å². The lowest BCUT2D eigenvalue weighted by molar-refractivity contribution is 0.509. The first kappa shape index (κ1) is 14.3. The molecule has 1 aliphatic rings. The zero-order chi connectivity index (χ0) is 14.3. The predicted octanol–water partition coefficient (Wildman–Crippen LogP) is 3.22. The maximum Gasteiger partial charge on any atom is 0.129 e. The van der Waals surface area contributed by atoms with E-state index in [1.807, 2.05) is 0 Å². The Labute approximate surface area is 117 Å². The summed E-state index contributed by atoms with van der Waals surface area (Å²) in [5.41, 5.74) is 8.42. The van der Waals surface area contributed by atoms with Crippen molar-refractivity contribution in [2.75, 3.05) is 11.4 Å². The molecule has 0 radical (unpaired) electrons. The number of rotatable bonds is 2. The van der Waals surface area contributed by atoms with Crippen LogP contribution in [-0.2, 0) is 12.0 Å². The van der Waals surface area contributed by atoms with E-state index in [0.29, 0.717) is 6.54 Å². The minimum absolute atomic E-state index is 0.0593. The second kappa shape index (κ2) is 4.78. The highest BCUT2D eigenvalue weighted by atomic mass is 15.3. The molecule has 1 aromatic heterocycles. The van der Waals surface area contributed by atoms with Gasteiger partial charge in [0.1, 0.15) is 5.82 Å². The van der Waals surface area contributed by atoms with Crippen LogP contribution in [0, 0.1) is 0 Å². The molecular formula is C16H27N3. The summed E-state index contributed by atoms with van der Waals surface area (Å²) >= 11 is 0. The smallest absolute Gasteiger partial charge is 0.129 e. The Bertz CT molecular complexity index is 458. The van der Waals surface area contributed by atoms with Gasteiger partial charge in [0, 0.05) is 29.7 Å². The van der Waals surface area contributed by atoms with Crippen molar-refractivity contribution in [1.82, 2.24) is 4.98 Å². The van der Waals surface area contributed by atoms with E-state index in [1.165, 1.54) is 18.4 Å². The summed E-state index contributed by atoms with van der Waals surface area (Å²) in [5.74, 6) is 1.09. The average Bonchev–Trinajstić information content (AvgIpc) is 2.67. The van der Waals surface area contributed by atoms with Crippen molar-refractivity contribution in [3.05, 3.63) is 23.4 Å². The van der Waals surface area contributed by atoms with E-state index in [4.69, 9.17) is 10.7 Å². The van der Waals surface area contributed by atoms with E-state index in [0.717, 1.165) is 18.1 Å². The monoisotopic (exact) mass is 261 g/mol. The van der Waals surface area contributed by atoms with Crippen molar-refractivity contribution in [1.29, 1.82) is 0 Å². The minimum Gasteiger partial charge on any atom is -0.351 e. The normalized spacial score (nSPS) is 18.9. The second-order valence-electron chi connectivity index (χ2n) is 7.24. The van der Waals surface area contributed by atoms with Crippen LogP contribution in [0.4, 0.5) is 5.82 Å². The van der Waals surface area contributed by atoms with Crippen molar-refractivity contribution < 1.29 is 0 Å². The Kier molecular flexibility index (Phi) is 3.61. The van der Waals surface area contributed by atoms with E-state index in [-0.39, 0.29) is 11.0 Å². The molecule has 0 atom stereocenters. The van der Waals surface area contributed by atoms with Crippen LogP contribution in [0.2, 0.25) is 0 Å². The van der Waals surface area contributed by atoms with Gasteiger partial charge in [-0.25, -0.2) is 4.98 Å². The van der Waals surface area contributed by atoms with Crippen LogP contribution < -0.4 is 10.6 Å². The van der Waals surface area contributed by atoms with E-state index >= 15 is 0 Å². The topological polar surface area (TPSA) is 42.1 Å². The van der Waals surface area contributed by atoms with Crippen molar-refractivity contribution >= 4 is 5.82 Å². The van der Waals surface area contributed by atoms with Crippen LogP contribution >= 0.6 is 0 Å². The fourth-order valence-corrected chi connectivity index (χ4v) is 2.74. The van der Waals surface area contributed by atoms with Gasteiger partial charge in [0.15, 0.2) is 0 Å². The van der Waals surface area contributed by atoms with E-state index in [1.54, 1.807) is 0 Å². The first-order chi connectivity index (χ1) is 8.74. The highest BCUT2D eigenvalue weighted by Gasteiger charge is 2.33. The number of nitrogens with zero attached hydrogens (tertiary/aromatic N) is 2. The minimum atomic E-state index is 0.0593. The standard InChI is InChI=1S/C16H27N3/c1-15(2,3)13-9-12(11-17)10-14(18-13)19-8-6-7-16(19,4)5/h9-10H,6-8,11,17H2,1-5H3. The summed E-state index contributed by atoms with van der Waals surface area (Å²) in [5, 5.41) is 0. The largest absolute Gasteiger partial charge is 0.351 e. The van der Waals surface area contributed by atoms with Crippen LogP contribution in [0.3, 0.4) is 0 Å². The number of hydrogen-bond acceptors (Lipinski definition) is 3. The Morgan fingerprint density at radius 3 is 2.47 bits per heavy atom. The number of anilines is 1. The first-order valence-electron chi connectivity index (χ1n) is 7.23. The number of hydrogen-bond donors (Lipinski definition) is 1. The highest BCUT2D eigenvalue weighted by molar-refractivity contribution is 5.47. The predicted molar refractivity (Wildman–Crippen MR) is 81.5 cm³/mol. The molecule has 3 heteroatoms. The Morgan fingerprint density at radius 1 is 1.32 bits per heavy atom. The molecule has 0 aliphatic carbocycles. The molecule has 1 saturated heterocycles. The Hall–Kier alpha value is -1.09. The molecule has 106 valence electrons. The number of aromatic nitrogens is 1. The summed E-state index contributed by atoms with van der Waals surface area (Å²) in [6.07, 6.45) is 2.47. The van der Waals surface area contributed by atoms with Crippen LogP contribution in [0.15, 0.2) is 12.1 Å². The summed E-state index contributed by atoms with van der Waals surface area (Å²) in [4.78, 5) is 7.33. The van der Waals surface area contributed by atoms with E-state index in [9.17, 15) is 0 Å². The van der Waals surface area contributed by atoms with Crippen molar-refractivity contribution in [2.24, 2.45) is 5.73 Å². The van der Waals surface area contributed by atoms with Crippen molar-refractivity contribution in [2.45, 2.75) is 65.0 Å². The quantitative estimate of drug-likeness (QED) is 0.889. The Morgan fingerprint density at radius 2 is 2.00 bits per heavy atom. The van der Waals surface area contributed by atoms with E-state index in [2.05, 4.69) is 51.7 Å². The molecular weight excluding hydrogens is 234 g/mol. The first-order valence-corrected chi connectivity index (χ1v) is 7.23. The van der Waals surface area contributed by atoms with Gasteiger partial charge in [-0.1, -0.05) is 20.8 Å². The average molecular weight is 261 g/mol. The zero-order valence-electron chi connectivity index (χ0n) is 13.0. The third-order valence-electron chi connectivity index (χ3n) is 4.05. The molecule has 0 bridgehead atoms. The zero-order valence-corrected chi connectivity index (χ0v) is 13.0. The third kappa shape index (κ3) is 2.92. The maximum absolute atomic E-state index is 5.85. The van der Waals surface area contributed by atoms with Gasteiger partial charge in [-0.2, -0.15) is 0 Å². The molecule has 1 aliphatic heterocycles. The van der Waals surface area contributed by atoms with Gasteiger partial charge in [-0.3, -0.25) is 0 Å². The summed E-state index contributed by atoms with van der Waals surface area (Å²) < 4.78 is 0. The maximum atomic E-state index is 5.85. The molecule has 2 N–H and O–H groups in total. The lowest BCUT2D eigenvalue weighted by Crippen LogP contribution is -2.39. The fraction of sp³-hybridized carbons (Fsp3) is 0.688. The van der Waals surface area contributed by atoms with Crippen molar-refractivity contribution in [3.8, 4) is 0 Å². The van der Waals surface area contributed by atoms with Gasteiger partial charge in [0.25, 0.3) is 0 Å². The molecule has 2 rings (SSSR count). The second-order valence-corrected chi connectivity index (χ2v) is 7.24. The molecule has 0 spiro atoms. The summed E-state index contributed by atoms with van der Waals surface area (Å²) in [6, 6.07) is 4.30. The number of pyridine rings is 1. The van der Waals surface area contributed by atoms with Crippen LogP contribution in [0.25, 0.3) is 0 Å². The van der Waals surface area contributed by atoms with Crippen LogP contribution in [0.1, 0.15) is 58.7 Å². The molecule has 0 amide bonds. The summed E-state index contributed by atoms with van der Waals surface area (Å²) in [6.45, 7) is 12.9. The van der Waals surface area contributed by atoms with Crippen LogP contribution in [0.5, 0.6) is 0 Å². The lowest BCUT2D eigenvalue weighted by Gasteiger charge is -2.34. The molecule has 0 unspecified atom stereocenters. The lowest BCUT2D eigenvalue weighted by atomic mass is 9.90. The SMILES string of the molecule is CC(C)(C)c1cc(CN)cc(N2CCCC2(C)C)n1. The third-order valence-corrected chi connectivity index (χ3v) is 4.05. The number of nitrogens with two attached hydrogens (primary N) is 1. The molecule has 1 fully saturated rings. The van der Waals surface area contributed by atoms with E-state index < -0.39 is 0 Å². The molecule has 2 heterocycles. The molecule has 19 heavy (non-hydrogen) atoms. The Balaban J connectivity index is 2.46. The molecule has 0 aromatic carbocycles.